The minimum Gasteiger partial charge on any atom is -0.351 e. The second kappa shape index (κ2) is 8.20. The first-order chi connectivity index (χ1) is 11.2. The number of hydrogen-bond donors (Lipinski definition) is 1. The number of thioether (sulfide) groups is 1. The topological polar surface area (TPSA) is 45.2 Å². The van der Waals surface area contributed by atoms with Crippen LogP contribution >= 0.6 is 11.8 Å². The zero-order valence-electron chi connectivity index (χ0n) is 13.8. The van der Waals surface area contributed by atoms with Crippen LogP contribution in [0.2, 0.25) is 0 Å². The molecule has 0 aromatic carbocycles. The van der Waals surface area contributed by atoms with Gasteiger partial charge in [-0.25, -0.2) is 4.98 Å². The van der Waals surface area contributed by atoms with Gasteiger partial charge in [0.2, 0.25) is 0 Å². The summed E-state index contributed by atoms with van der Waals surface area (Å²) in [6.45, 7) is 7.49. The molecular weight excluding hydrogens is 339 g/mol. The number of hydrogen-bond acceptors (Lipinski definition) is 4. The molecule has 0 radical (unpaired) electrons. The number of pyridine rings is 1. The van der Waals surface area contributed by atoms with Gasteiger partial charge in [0.15, 0.2) is 0 Å². The van der Waals surface area contributed by atoms with Gasteiger partial charge >= 0.3 is 5.51 Å². The molecular formula is C16H22F3N3OS. The lowest BCUT2D eigenvalue weighted by atomic mass is 9.92. The molecule has 0 aliphatic carbocycles. The van der Waals surface area contributed by atoms with Crippen molar-refractivity contribution in [1.29, 1.82) is 0 Å². The molecule has 2 heterocycles. The zero-order valence-corrected chi connectivity index (χ0v) is 14.6. The monoisotopic (exact) mass is 361 g/mol. The van der Waals surface area contributed by atoms with Crippen molar-refractivity contribution in [2.24, 2.45) is 11.8 Å². The molecule has 1 saturated heterocycles. The van der Waals surface area contributed by atoms with E-state index >= 15 is 0 Å². The average Bonchev–Trinajstić information content (AvgIpc) is 2.45. The normalized spacial score (nSPS) is 22.4. The summed E-state index contributed by atoms with van der Waals surface area (Å²) in [5, 5.41) is 2.38. The number of likely N-dealkylation sites (tertiary alicyclic amines) is 1. The predicted molar refractivity (Wildman–Crippen MR) is 87.9 cm³/mol. The van der Waals surface area contributed by atoms with E-state index in [1.165, 1.54) is 24.8 Å². The largest absolute Gasteiger partial charge is 0.447 e. The fraction of sp³-hybridized carbons (Fsp3) is 0.625. The van der Waals surface area contributed by atoms with Crippen LogP contribution in [0.25, 0.3) is 0 Å². The van der Waals surface area contributed by atoms with Crippen molar-refractivity contribution in [3.8, 4) is 0 Å². The van der Waals surface area contributed by atoms with E-state index in [9.17, 15) is 18.0 Å². The van der Waals surface area contributed by atoms with Gasteiger partial charge in [-0.15, -0.1) is 0 Å². The van der Waals surface area contributed by atoms with Crippen molar-refractivity contribution < 1.29 is 18.0 Å². The SMILES string of the molecule is CC1CC(C)CN(CCNC(=O)c2cccnc2SC(F)(F)F)C1. The Balaban J connectivity index is 1.89. The third-order valence-electron chi connectivity index (χ3n) is 3.89. The number of alkyl halides is 3. The molecule has 0 bridgehead atoms. The van der Waals surface area contributed by atoms with E-state index in [2.05, 4.69) is 29.0 Å². The van der Waals surface area contributed by atoms with Gasteiger partial charge in [0.25, 0.3) is 5.91 Å². The first kappa shape index (κ1) is 19.1. The molecule has 1 aromatic rings. The predicted octanol–water partition coefficient (Wildman–Crippen LogP) is 3.40. The van der Waals surface area contributed by atoms with Crippen molar-refractivity contribution in [3.05, 3.63) is 23.9 Å². The fourth-order valence-electron chi connectivity index (χ4n) is 3.15. The lowest BCUT2D eigenvalue weighted by Crippen LogP contribution is -2.42. The van der Waals surface area contributed by atoms with E-state index in [1.54, 1.807) is 0 Å². The molecule has 134 valence electrons. The molecule has 1 aliphatic rings. The average molecular weight is 361 g/mol. The summed E-state index contributed by atoms with van der Waals surface area (Å²) in [5.74, 6) is 0.725. The number of piperidine rings is 1. The van der Waals surface area contributed by atoms with Crippen molar-refractivity contribution in [3.63, 3.8) is 0 Å². The molecule has 2 atom stereocenters. The Morgan fingerprint density at radius 3 is 2.67 bits per heavy atom. The van der Waals surface area contributed by atoms with Crippen LogP contribution in [0.5, 0.6) is 0 Å². The molecule has 0 saturated carbocycles. The number of rotatable bonds is 5. The van der Waals surface area contributed by atoms with Gasteiger partial charge in [-0.2, -0.15) is 13.2 Å². The molecule has 1 fully saturated rings. The van der Waals surface area contributed by atoms with E-state index in [4.69, 9.17) is 0 Å². The standard InChI is InChI=1S/C16H22F3N3OS/c1-11-8-12(2)10-22(9-11)7-6-20-14(23)13-4-3-5-21-15(13)24-16(17,18)19/h3-5,11-12H,6-10H2,1-2H3,(H,20,23). The highest BCUT2D eigenvalue weighted by Crippen LogP contribution is 2.37. The lowest BCUT2D eigenvalue weighted by Gasteiger charge is -2.34. The molecule has 1 amide bonds. The Kier molecular flexibility index (Phi) is 6.51. The molecule has 2 unspecified atom stereocenters. The Labute approximate surface area is 144 Å². The third kappa shape index (κ3) is 5.98. The van der Waals surface area contributed by atoms with E-state index in [1.807, 2.05) is 0 Å². The first-order valence-electron chi connectivity index (χ1n) is 7.96. The van der Waals surface area contributed by atoms with Crippen LogP contribution in [0.15, 0.2) is 23.4 Å². The van der Waals surface area contributed by atoms with Crippen LogP contribution in [0.3, 0.4) is 0 Å². The molecule has 1 aromatic heterocycles. The van der Waals surface area contributed by atoms with E-state index in [0.717, 1.165) is 13.1 Å². The Bertz CT molecular complexity index is 558. The van der Waals surface area contributed by atoms with Gasteiger partial charge in [0.05, 0.1) is 5.56 Å². The van der Waals surface area contributed by atoms with E-state index < -0.39 is 11.4 Å². The Morgan fingerprint density at radius 1 is 1.38 bits per heavy atom. The van der Waals surface area contributed by atoms with E-state index in [0.29, 0.717) is 24.9 Å². The van der Waals surface area contributed by atoms with Crippen LogP contribution in [-0.4, -0.2) is 47.5 Å². The number of amides is 1. The number of carbonyl (C=O) groups is 1. The second-order valence-corrected chi connectivity index (χ2v) is 7.42. The van der Waals surface area contributed by atoms with Crippen LogP contribution in [0.4, 0.5) is 13.2 Å². The summed E-state index contributed by atoms with van der Waals surface area (Å²) in [6.07, 6.45) is 2.46. The van der Waals surface area contributed by atoms with Crippen molar-refractivity contribution >= 4 is 17.7 Å². The summed E-state index contributed by atoms with van der Waals surface area (Å²) in [5.41, 5.74) is -4.51. The maximum absolute atomic E-state index is 12.5. The summed E-state index contributed by atoms with van der Waals surface area (Å²) < 4.78 is 37.6. The Morgan fingerprint density at radius 2 is 2.04 bits per heavy atom. The second-order valence-electron chi connectivity index (χ2n) is 6.37. The quantitative estimate of drug-likeness (QED) is 0.817. The van der Waals surface area contributed by atoms with Crippen LogP contribution in [0.1, 0.15) is 30.6 Å². The highest BCUT2D eigenvalue weighted by atomic mass is 32.2. The first-order valence-corrected chi connectivity index (χ1v) is 8.77. The van der Waals surface area contributed by atoms with Gasteiger partial charge in [-0.1, -0.05) is 13.8 Å². The van der Waals surface area contributed by atoms with Crippen molar-refractivity contribution in [2.75, 3.05) is 26.2 Å². The molecule has 2 rings (SSSR count). The molecule has 0 spiro atoms. The summed E-state index contributed by atoms with van der Waals surface area (Å²) >= 11 is -0.365. The molecule has 4 nitrogen and oxygen atoms in total. The van der Waals surface area contributed by atoms with Gasteiger partial charge < -0.3 is 10.2 Å². The third-order valence-corrected chi connectivity index (χ3v) is 4.64. The van der Waals surface area contributed by atoms with Gasteiger partial charge in [-0.3, -0.25) is 4.79 Å². The Hall–Kier alpha value is -1.28. The molecule has 1 N–H and O–H groups in total. The lowest BCUT2D eigenvalue weighted by molar-refractivity contribution is -0.0329. The number of nitrogens with one attached hydrogen (secondary N) is 1. The van der Waals surface area contributed by atoms with Crippen LogP contribution in [-0.2, 0) is 0 Å². The van der Waals surface area contributed by atoms with Crippen LogP contribution < -0.4 is 5.32 Å². The molecule has 1 aliphatic heterocycles. The van der Waals surface area contributed by atoms with Crippen LogP contribution in [0, 0.1) is 11.8 Å². The zero-order chi connectivity index (χ0) is 17.7. The number of aromatic nitrogens is 1. The summed E-state index contributed by atoms with van der Waals surface area (Å²) in [4.78, 5) is 18.1. The minimum atomic E-state index is -4.47. The van der Waals surface area contributed by atoms with Gasteiger partial charge in [0.1, 0.15) is 5.03 Å². The summed E-state index contributed by atoms with van der Waals surface area (Å²) in [6, 6.07) is 2.82. The summed E-state index contributed by atoms with van der Waals surface area (Å²) in [7, 11) is 0. The number of carbonyl (C=O) groups excluding carboxylic acids is 1. The smallest absolute Gasteiger partial charge is 0.351 e. The number of nitrogens with zero attached hydrogens (tertiary/aromatic N) is 2. The minimum absolute atomic E-state index is 0.0415. The van der Waals surface area contributed by atoms with Crippen molar-refractivity contribution in [2.45, 2.75) is 30.8 Å². The fourth-order valence-corrected chi connectivity index (χ4v) is 3.76. The van der Waals surface area contributed by atoms with Gasteiger partial charge in [0, 0.05) is 44.1 Å². The molecule has 8 heteroatoms. The highest BCUT2D eigenvalue weighted by molar-refractivity contribution is 8.00. The van der Waals surface area contributed by atoms with Crippen molar-refractivity contribution in [1.82, 2.24) is 15.2 Å². The highest BCUT2D eigenvalue weighted by Gasteiger charge is 2.32. The van der Waals surface area contributed by atoms with Gasteiger partial charge in [-0.05, 0) is 30.4 Å². The number of halogens is 3. The maximum atomic E-state index is 12.5. The van der Waals surface area contributed by atoms with E-state index in [-0.39, 0.29) is 22.4 Å². The molecule has 24 heavy (non-hydrogen) atoms. The maximum Gasteiger partial charge on any atom is 0.447 e.